The molecule has 0 amide bonds. The number of carboxylic acid groups (broad SMARTS) is 1. The highest BCUT2D eigenvalue weighted by molar-refractivity contribution is 5.90. The minimum Gasteiger partial charge on any atom is -0.479 e. The number of aromatic amines is 4. The molecule has 1 fully saturated rings. The fraction of sp³-hybridized carbons (Fsp3) is 0.196. The lowest BCUT2D eigenvalue weighted by molar-refractivity contribution is -0.294. The molecule has 9 rings (SSSR count). The van der Waals surface area contributed by atoms with Crippen molar-refractivity contribution >= 4 is 73.5 Å². The number of hydrogen-bond donors (Lipinski definition) is 5. The van der Waals surface area contributed by atoms with Crippen molar-refractivity contribution in [2.45, 2.75) is 56.4 Å². The Bertz CT molecular complexity index is 2940. The van der Waals surface area contributed by atoms with Crippen LogP contribution in [0.25, 0.3) is 43.6 Å². The fourth-order valence-electron chi connectivity index (χ4n) is 7.98. The van der Waals surface area contributed by atoms with Gasteiger partial charge >= 0.3 is 29.8 Å². The van der Waals surface area contributed by atoms with Crippen LogP contribution < -0.4 is 0 Å². The van der Waals surface area contributed by atoms with Gasteiger partial charge in [0.2, 0.25) is 12.4 Å². The van der Waals surface area contributed by atoms with E-state index in [1.54, 1.807) is 30.9 Å². The normalized spacial score (nSPS) is 18.9. The van der Waals surface area contributed by atoms with Gasteiger partial charge in [-0.25, -0.2) is 4.79 Å². The molecule has 0 saturated carbocycles. The predicted molar refractivity (Wildman–Crippen MR) is 220 cm³/mol. The van der Waals surface area contributed by atoms with Gasteiger partial charge in [0.15, 0.2) is 18.3 Å². The molecule has 8 aromatic rings. The van der Waals surface area contributed by atoms with Crippen molar-refractivity contribution in [1.29, 1.82) is 0 Å². The van der Waals surface area contributed by atoms with Crippen molar-refractivity contribution in [3.63, 3.8) is 0 Å². The molecule has 15 nitrogen and oxygen atoms in total. The first-order chi connectivity index (χ1) is 29.7. The number of carbonyl (C=O) groups excluding carboxylic acids is 4. The Morgan fingerprint density at radius 1 is 0.443 bits per heavy atom. The van der Waals surface area contributed by atoms with E-state index in [0.29, 0.717) is 22.3 Å². The summed E-state index contributed by atoms with van der Waals surface area (Å²) in [7, 11) is 0. The van der Waals surface area contributed by atoms with E-state index in [0.717, 1.165) is 43.6 Å². The Morgan fingerprint density at radius 3 is 1.11 bits per heavy atom. The van der Waals surface area contributed by atoms with Crippen LogP contribution in [0, 0.1) is 0 Å². The number of rotatable bonds is 13. The highest BCUT2D eigenvalue weighted by Gasteiger charge is 2.56. The molecule has 1 saturated heterocycles. The molecule has 4 aromatic carbocycles. The Kier molecular flexibility index (Phi) is 10.5. The van der Waals surface area contributed by atoms with Crippen molar-refractivity contribution in [3.05, 3.63) is 144 Å². The lowest BCUT2D eigenvalue weighted by Gasteiger charge is -2.42. The van der Waals surface area contributed by atoms with Crippen LogP contribution in [-0.4, -0.2) is 85.6 Å². The van der Waals surface area contributed by atoms with Gasteiger partial charge in [-0.1, -0.05) is 72.8 Å². The molecule has 5 N–H and O–H groups in total. The van der Waals surface area contributed by atoms with Gasteiger partial charge in [0.25, 0.3) is 0 Å². The molecule has 1 aliphatic heterocycles. The summed E-state index contributed by atoms with van der Waals surface area (Å²) < 4.78 is 29.7. The van der Waals surface area contributed by atoms with E-state index in [1.807, 2.05) is 91.0 Å². The number of para-hydroxylation sites is 4. The Balaban J connectivity index is 1.06. The van der Waals surface area contributed by atoms with Crippen LogP contribution in [0.3, 0.4) is 0 Å². The number of ether oxygens (including phenoxy) is 5. The van der Waals surface area contributed by atoms with E-state index in [1.165, 1.54) is 0 Å². The maximum absolute atomic E-state index is 14.0. The third kappa shape index (κ3) is 8.06. The Hall–Kier alpha value is -7.65. The maximum atomic E-state index is 14.0. The number of H-pyrrole nitrogens is 4. The zero-order valence-corrected chi connectivity index (χ0v) is 32.3. The number of aromatic nitrogens is 4. The Labute approximate surface area is 345 Å². The molecule has 0 aliphatic carbocycles. The van der Waals surface area contributed by atoms with Gasteiger partial charge in [-0.15, -0.1) is 0 Å². The molecule has 5 heterocycles. The standard InChI is InChI=1S/C46H38N4O11/c51-37(17-25-21-47-33-13-5-1-9-29(25)33)57-41-42(58-38(52)18-26-22-48-34-14-6-2-10-30(26)34)44(59-39(53)19-27-23-49-35-15-7-3-11-31(27)35)46(61-43(41)45(55)56)60-40(54)20-28-24-50-36-16-8-4-12-32(28)36/h1-16,21-24,41-44,46-50H,17-20H2,(H,55,56)/t41-,42-,43-,44+,46?/m0/s1. The summed E-state index contributed by atoms with van der Waals surface area (Å²) in [6.07, 6.45) is -4.13. The fourth-order valence-corrected chi connectivity index (χ4v) is 7.98. The molecule has 1 unspecified atom stereocenters. The first-order valence-corrected chi connectivity index (χ1v) is 19.5. The van der Waals surface area contributed by atoms with Crippen LogP contribution in [0.1, 0.15) is 22.3 Å². The zero-order chi connectivity index (χ0) is 42.0. The van der Waals surface area contributed by atoms with Gasteiger partial charge in [-0.3, -0.25) is 19.2 Å². The maximum Gasteiger partial charge on any atom is 0.337 e. The van der Waals surface area contributed by atoms with Crippen LogP contribution in [0.2, 0.25) is 0 Å². The highest BCUT2D eigenvalue weighted by Crippen LogP contribution is 2.32. The number of nitrogens with one attached hydrogen (secondary N) is 4. The smallest absolute Gasteiger partial charge is 0.337 e. The minimum absolute atomic E-state index is 0.286. The molecule has 5 atom stereocenters. The molecule has 15 heteroatoms. The van der Waals surface area contributed by atoms with Crippen LogP contribution in [0.5, 0.6) is 0 Å². The number of fused-ring (bicyclic) bond motifs is 4. The lowest BCUT2D eigenvalue weighted by atomic mass is 9.97. The van der Waals surface area contributed by atoms with E-state index < -0.39 is 60.6 Å². The number of esters is 4. The van der Waals surface area contributed by atoms with E-state index >= 15 is 0 Å². The molecule has 308 valence electrons. The van der Waals surface area contributed by atoms with E-state index in [-0.39, 0.29) is 25.7 Å². The SMILES string of the molecule is O=C(Cc1c[nH]c2ccccc12)OC1O[C@H](C(=O)O)[C@@H](OC(=O)Cc2c[nH]c3ccccc23)[C@H](OC(=O)Cc2c[nH]c3ccccc23)[C@H]1OC(=O)Cc1c[nH]c2ccccc12. The summed E-state index contributed by atoms with van der Waals surface area (Å²) in [4.78, 5) is 81.0. The molecule has 0 spiro atoms. The summed E-state index contributed by atoms with van der Waals surface area (Å²) >= 11 is 0. The third-order valence-corrected chi connectivity index (χ3v) is 10.8. The van der Waals surface area contributed by atoms with Crippen LogP contribution in [0.15, 0.2) is 122 Å². The average Bonchev–Trinajstić information content (AvgIpc) is 4.06. The second-order valence-corrected chi connectivity index (χ2v) is 14.8. The topological polar surface area (TPSA) is 215 Å². The predicted octanol–water partition coefficient (Wildman–Crippen LogP) is 5.97. The Morgan fingerprint density at radius 2 is 0.754 bits per heavy atom. The molecule has 61 heavy (non-hydrogen) atoms. The molecule has 0 radical (unpaired) electrons. The van der Waals surface area contributed by atoms with Crippen molar-refractivity contribution in [2.75, 3.05) is 0 Å². The summed E-state index contributed by atoms with van der Waals surface area (Å²) in [5, 5.41) is 13.6. The van der Waals surface area contributed by atoms with E-state index in [2.05, 4.69) is 19.9 Å². The monoisotopic (exact) mass is 822 g/mol. The zero-order valence-electron chi connectivity index (χ0n) is 32.3. The first kappa shape index (κ1) is 38.8. The highest BCUT2D eigenvalue weighted by atomic mass is 16.7. The molecule has 1 aliphatic rings. The first-order valence-electron chi connectivity index (χ1n) is 19.5. The third-order valence-electron chi connectivity index (χ3n) is 10.8. The van der Waals surface area contributed by atoms with Crippen molar-refractivity contribution in [3.8, 4) is 0 Å². The van der Waals surface area contributed by atoms with E-state index in [9.17, 15) is 29.1 Å². The quantitative estimate of drug-likeness (QED) is 0.0675. The van der Waals surface area contributed by atoms with Crippen molar-refractivity contribution in [1.82, 2.24) is 19.9 Å². The average molecular weight is 823 g/mol. The van der Waals surface area contributed by atoms with Gasteiger partial charge in [0.1, 0.15) is 0 Å². The van der Waals surface area contributed by atoms with Crippen molar-refractivity contribution < 1.29 is 52.8 Å². The molecular weight excluding hydrogens is 785 g/mol. The largest absolute Gasteiger partial charge is 0.479 e. The lowest BCUT2D eigenvalue weighted by Crippen LogP contribution is -2.64. The van der Waals surface area contributed by atoms with E-state index in [4.69, 9.17) is 23.7 Å². The summed E-state index contributed by atoms with van der Waals surface area (Å²) in [5.41, 5.74) is 5.33. The summed E-state index contributed by atoms with van der Waals surface area (Å²) in [5.74, 6) is -5.11. The summed E-state index contributed by atoms with van der Waals surface area (Å²) in [6, 6.07) is 29.2. The summed E-state index contributed by atoms with van der Waals surface area (Å²) in [6.45, 7) is 0. The van der Waals surface area contributed by atoms with Crippen LogP contribution in [-0.2, 0) is 73.3 Å². The minimum atomic E-state index is -2.05. The van der Waals surface area contributed by atoms with Crippen LogP contribution in [0.4, 0.5) is 0 Å². The number of hydrogen-bond acceptors (Lipinski definition) is 10. The van der Waals surface area contributed by atoms with Gasteiger partial charge in [-0.2, -0.15) is 0 Å². The number of carbonyl (C=O) groups is 5. The second kappa shape index (κ2) is 16.5. The van der Waals surface area contributed by atoms with Crippen LogP contribution >= 0.6 is 0 Å². The molecular formula is C46H38N4O11. The number of benzene rings is 4. The van der Waals surface area contributed by atoms with Crippen molar-refractivity contribution in [2.24, 2.45) is 0 Å². The molecule has 0 bridgehead atoms. The second-order valence-electron chi connectivity index (χ2n) is 14.8. The molecule has 4 aromatic heterocycles. The van der Waals surface area contributed by atoms with Gasteiger partial charge in [-0.05, 0) is 46.5 Å². The van der Waals surface area contributed by atoms with Gasteiger partial charge < -0.3 is 48.7 Å². The number of carboxylic acids is 1. The number of aliphatic carboxylic acids is 1. The van der Waals surface area contributed by atoms with Gasteiger partial charge in [0.05, 0.1) is 25.7 Å². The van der Waals surface area contributed by atoms with Gasteiger partial charge in [0, 0.05) is 68.4 Å².